The van der Waals surface area contributed by atoms with Crippen molar-refractivity contribution in [2.75, 3.05) is 0 Å². The molecule has 0 saturated carbocycles. The molecule has 1 aliphatic rings. The van der Waals surface area contributed by atoms with Crippen LogP contribution in [0, 0.1) is 5.41 Å². The Balaban J connectivity index is 2.48. The summed E-state index contributed by atoms with van der Waals surface area (Å²) >= 11 is 5.70. The van der Waals surface area contributed by atoms with E-state index in [2.05, 4.69) is 9.97 Å². The van der Waals surface area contributed by atoms with Crippen LogP contribution in [0.4, 0.5) is 13.2 Å². The molecule has 2 unspecified atom stereocenters. The molecule has 2 rings (SSSR count). The highest BCUT2D eigenvalue weighted by atomic mass is 35.5. The van der Waals surface area contributed by atoms with Crippen LogP contribution in [0.5, 0.6) is 0 Å². The van der Waals surface area contributed by atoms with Crippen LogP contribution in [0.1, 0.15) is 18.7 Å². The van der Waals surface area contributed by atoms with E-state index in [4.69, 9.17) is 11.6 Å². The van der Waals surface area contributed by atoms with E-state index in [0.29, 0.717) is 0 Å². The molecule has 0 N–H and O–H groups in total. The first-order chi connectivity index (χ1) is 8.34. The lowest BCUT2D eigenvalue weighted by atomic mass is 9.73. The molecule has 0 bridgehead atoms. The Morgan fingerprint density at radius 2 is 2.06 bits per heavy atom. The van der Waals surface area contributed by atoms with Gasteiger partial charge in [-0.25, -0.2) is 9.97 Å². The Labute approximate surface area is 107 Å². The van der Waals surface area contributed by atoms with Gasteiger partial charge in [0.2, 0.25) is 0 Å². The van der Waals surface area contributed by atoms with E-state index in [9.17, 15) is 13.2 Å². The minimum absolute atomic E-state index is 0.0722. The monoisotopic (exact) mass is 274 g/mol. The predicted octanol–water partition coefficient (Wildman–Crippen LogP) is 3.91. The minimum Gasteiger partial charge on any atom is -0.241 e. The Hall–Kier alpha value is -1.36. The summed E-state index contributed by atoms with van der Waals surface area (Å²) in [6, 6.07) is 1.43. The largest absolute Gasteiger partial charge is 0.398 e. The molecule has 1 aromatic rings. The molecule has 2 atom stereocenters. The first-order valence-corrected chi connectivity index (χ1v) is 5.63. The van der Waals surface area contributed by atoms with Crippen molar-refractivity contribution in [1.82, 2.24) is 9.97 Å². The fourth-order valence-electron chi connectivity index (χ4n) is 1.86. The third-order valence-corrected chi connectivity index (χ3v) is 3.24. The first kappa shape index (κ1) is 13.1. The van der Waals surface area contributed by atoms with Crippen molar-refractivity contribution >= 4 is 11.6 Å². The van der Waals surface area contributed by atoms with Crippen molar-refractivity contribution in [1.29, 1.82) is 0 Å². The Morgan fingerprint density at radius 3 is 2.67 bits per heavy atom. The minimum atomic E-state index is -4.38. The van der Waals surface area contributed by atoms with E-state index >= 15 is 0 Å². The molecule has 1 aromatic heterocycles. The van der Waals surface area contributed by atoms with E-state index in [1.54, 1.807) is 6.08 Å². The lowest BCUT2D eigenvalue weighted by Crippen LogP contribution is -2.39. The molecule has 6 heteroatoms. The standard InChI is InChI=1S/C12H10ClF3N2/c1-11(12(14,15)16)6-3-2-4-8(11)10-17-7-5-9(13)18-10/h2-8H,1H3. The predicted molar refractivity (Wildman–Crippen MR) is 62.2 cm³/mol. The third kappa shape index (κ3) is 2.14. The van der Waals surface area contributed by atoms with Crippen molar-refractivity contribution < 1.29 is 13.2 Å². The van der Waals surface area contributed by atoms with Crippen molar-refractivity contribution in [2.24, 2.45) is 5.41 Å². The second-order valence-electron chi connectivity index (χ2n) is 4.24. The van der Waals surface area contributed by atoms with Crippen molar-refractivity contribution in [3.8, 4) is 0 Å². The smallest absolute Gasteiger partial charge is 0.241 e. The van der Waals surface area contributed by atoms with Crippen LogP contribution in [-0.4, -0.2) is 16.1 Å². The zero-order valence-electron chi connectivity index (χ0n) is 9.45. The molecule has 0 aliphatic heterocycles. The maximum Gasteiger partial charge on any atom is 0.398 e. The molecular weight excluding hydrogens is 265 g/mol. The van der Waals surface area contributed by atoms with Crippen LogP contribution < -0.4 is 0 Å². The number of hydrogen-bond acceptors (Lipinski definition) is 2. The zero-order valence-corrected chi connectivity index (χ0v) is 10.2. The molecule has 96 valence electrons. The number of nitrogens with zero attached hydrogens (tertiary/aromatic N) is 2. The highest BCUT2D eigenvalue weighted by Crippen LogP contribution is 2.50. The zero-order chi connectivity index (χ0) is 13.4. The summed E-state index contributed by atoms with van der Waals surface area (Å²) in [5.41, 5.74) is -2.02. The molecular formula is C12H10ClF3N2. The topological polar surface area (TPSA) is 25.8 Å². The van der Waals surface area contributed by atoms with Gasteiger partial charge < -0.3 is 0 Å². The summed E-state index contributed by atoms with van der Waals surface area (Å²) in [6.45, 7) is 1.13. The molecule has 0 fully saturated rings. The Morgan fingerprint density at radius 1 is 1.33 bits per heavy atom. The third-order valence-electron chi connectivity index (χ3n) is 3.03. The quantitative estimate of drug-likeness (QED) is 0.726. The van der Waals surface area contributed by atoms with E-state index in [0.717, 1.165) is 13.0 Å². The number of aromatic nitrogens is 2. The lowest BCUT2D eigenvalue weighted by molar-refractivity contribution is -0.204. The van der Waals surface area contributed by atoms with Gasteiger partial charge in [0.25, 0.3) is 0 Å². The number of hydrogen-bond donors (Lipinski definition) is 0. The highest BCUT2D eigenvalue weighted by Gasteiger charge is 2.55. The maximum absolute atomic E-state index is 13.2. The summed E-state index contributed by atoms with van der Waals surface area (Å²) < 4.78 is 39.6. The van der Waals surface area contributed by atoms with E-state index in [1.165, 1.54) is 24.4 Å². The Kier molecular flexibility index (Phi) is 3.19. The van der Waals surface area contributed by atoms with Crippen LogP contribution in [0.2, 0.25) is 5.15 Å². The number of allylic oxidation sites excluding steroid dienone is 4. The van der Waals surface area contributed by atoms with Crippen LogP contribution in [-0.2, 0) is 0 Å². The number of rotatable bonds is 1. The summed E-state index contributed by atoms with van der Waals surface area (Å²) in [5.74, 6) is -0.899. The van der Waals surface area contributed by atoms with Crippen molar-refractivity contribution in [3.05, 3.63) is 47.5 Å². The normalized spacial score (nSPS) is 27.5. The molecule has 18 heavy (non-hydrogen) atoms. The summed E-state index contributed by atoms with van der Waals surface area (Å²) in [4.78, 5) is 7.77. The van der Waals surface area contributed by atoms with Crippen LogP contribution in [0.25, 0.3) is 0 Å². The average molecular weight is 275 g/mol. The average Bonchev–Trinajstić information content (AvgIpc) is 2.28. The molecule has 0 amide bonds. The van der Waals surface area contributed by atoms with Gasteiger partial charge in [-0.1, -0.05) is 35.9 Å². The van der Waals surface area contributed by atoms with Gasteiger partial charge in [-0.15, -0.1) is 0 Å². The molecule has 1 heterocycles. The van der Waals surface area contributed by atoms with Crippen molar-refractivity contribution in [3.63, 3.8) is 0 Å². The maximum atomic E-state index is 13.2. The summed E-state index contributed by atoms with van der Waals surface area (Å²) in [7, 11) is 0. The molecule has 2 nitrogen and oxygen atoms in total. The van der Waals surface area contributed by atoms with E-state index in [-0.39, 0.29) is 11.0 Å². The van der Waals surface area contributed by atoms with Gasteiger partial charge in [-0.05, 0) is 13.0 Å². The second-order valence-corrected chi connectivity index (χ2v) is 4.63. The highest BCUT2D eigenvalue weighted by molar-refractivity contribution is 6.29. The fourth-order valence-corrected chi connectivity index (χ4v) is 2.00. The summed E-state index contributed by atoms with van der Waals surface area (Å²) in [5, 5.41) is 0.132. The van der Waals surface area contributed by atoms with Gasteiger partial charge in [-0.2, -0.15) is 13.2 Å². The van der Waals surface area contributed by atoms with Gasteiger partial charge in [0, 0.05) is 6.20 Å². The van der Waals surface area contributed by atoms with Crippen LogP contribution in [0.15, 0.2) is 36.6 Å². The number of alkyl halides is 3. The van der Waals surface area contributed by atoms with Gasteiger partial charge >= 0.3 is 6.18 Å². The molecule has 0 radical (unpaired) electrons. The molecule has 1 aliphatic carbocycles. The van der Waals surface area contributed by atoms with E-state index < -0.39 is 17.5 Å². The SMILES string of the molecule is CC1(C(F)(F)F)C=CC=CC1c1nccc(Cl)n1. The van der Waals surface area contributed by atoms with E-state index in [1.807, 2.05) is 0 Å². The van der Waals surface area contributed by atoms with Gasteiger partial charge in [0.15, 0.2) is 0 Å². The van der Waals surface area contributed by atoms with Crippen LogP contribution in [0.3, 0.4) is 0 Å². The second kappa shape index (κ2) is 4.39. The number of halogens is 4. The summed E-state index contributed by atoms with van der Waals surface area (Å²) in [6.07, 6.45) is 2.48. The van der Waals surface area contributed by atoms with Gasteiger partial charge in [-0.3, -0.25) is 0 Å². The van der Waals surface area contributed by atoms with Gasteiger partial charge in [0.1, 0.15) is 11.0 Å². The lowest BCUT2D eigenvalue weighted by Gasteiger charge is -2.35. The molecule has 0 aromatic carbocycles. The first-order valence-electron chi connectivity index (χ1n) is 5.26. The fraction of sp³-hybridized carbons (Fsp3) is 0.333. The molecule has 0 spiro atoms. The van der Waals surface area contributed by atoms with Crippen molar-refractivity contribution in [2.45, 2.75) is 19.0 Å². The Bertz CT molecular complexity index is 510. The molecule has 0 saturated heterocycles. The van der Waals surface area contributed by atoms with Crippen LogP contribution >= 0.6 is 11.6 Å². The van der Waals surface area contributed by atoms with Gasteiger partial charge in [0.05, 0.1) is 11.3 Å².